The molecule has 5 heteroatoms. The molecule has 0 fully saturated rings. The molecule has 0 saturated carbocycles. The molecule has 0 spiro atoms. The number of nitriles is 2. The van der Waals surface area contributed by atoms with Crippen molar-refractivity contribution in [2.45, 2.75) is 25.8 Å². The van der Waals surface area contributed by atoms with Crippen molar-refractivity contribution >= 4 is 5.91 Å². The molecular weight excluding hydrogens is 242 g/mol. The predicted molar refractivity (Wildman–Crippen MR) is 69.1 cm³/mol. The van der Waals surface area contributed by atoms with E-state index in [2.05, 4.69) is 5.32 Å². The minimum Gasteiger partial charge on any atom is -0.484 e. The predicted octanol–water partition coefficient (Wildman–Crippen LogP) is 1.75. The van der Waals surface area contributed by atoms with E-state index in [9.17, 15) is 4.79 Å². The maximum absolute atomic E-state index is 11.6. The fraction of sp³-hybridized carbons (Fsp3) is 0.357. The van der Waals surface area contributed by atoms with Gasteiger partial charge in [0.05, 0.1) is 17.7 Å². The first kappa shape index (κ1) is 14.5. The largest absolute Gasteiger partial charge is 0.484 e. The third-order valence-electron chi connectivity index (χ3n) is 2.72. The van der Waals surface area contributed by atoms with E-state index in [4.69, 9.17) is 15.3 Å². The Morgan fingerprint density at radius 1 is 1.37 bits per heavy atom. The van der Waals surface area contributed by atoms with Crippen molar-refractivity contribution in [3.8, 4) is 17.9 Å². The molecule has 0 bridgehead atoms. The summed E-state index contributed by atoms with van der Waals surface area (Å²) in [6.45, 7) is 3.32. The number of carbonyl (C=O) groups is 1. The maximum atomic E-state index is 11.6. The number of hydrogen-bond acceptors (Lipinski definition) is 4. The Kier molecular flexibility index (Phi) is 4.91. The fourth-order valence-electron chi connectivity index (χ4n) is 1.31. The molecule has 0 aromatic heterocycles. The molecule has 19 heavy (non-hydrogen) atoms. The maximum Gasteiger partial charge on any atom is 0.259 e. The molecule has 1 rings (SSSR count). The van der Waals surface area contributed by atoms with E-state index in [-0.39, 0.29) is 12.5 Å². The van der Waals surface area contributed by atoms with Crippen molar-refractivity contribution in [2.75, 3.05) is 6.61 Å². The summed E-state index contributed by atoms with van der Waals surface area (Å²) in [4.78, 5) is 11.6. The van der Waals surface area contributed by atoms with Crippen LogP contribution in [0.2, 0.25) is 0 Å². The average Bonchev–Trinajstić information content (AvgIpc) is 2.45. The number of nitrogens with one attached hydrogen (secondary N) is 1. The molecule has 0 aliphatic rings. The number of rotatable bonds is 5. The minimum atomic E-state index is -0.870. The number of amides is 1. The van der Waals surface area contributed by atoms with Crippen LogP contribution in [0.5, 0.6) is 5.75 Å². The highest BCUT2D eigenvalue weighted by atomic mass is 16.5. The van der Waals surface area contributed by atoms with E-state index in [1.165, 1.54) is 0 Å². The third-order valence-corrected chi connectivity index (χ3v) is 2.72. The van der Waals surface area contributed by atoms with E-state index in [0.717, 1.165) is 0 Å². The molecule has 5 nitrogen and oxygen atoms in total. The molecule has 1 amide bonds. The molecule has 1 atom stereocenters. The SMILES string of the molecule is CC[C@@](C)(C#N)NC(=O)COc1ccc(C#N)cc1. The highest BCUT2D eigenvalue weighted by Gasteiger charge is 2.23. The van der Waals surface area contributed by atoms with Gasteiger partial charge in [0.2, 0.25) is 0 Å². The van der Waals surface area contributed by atoms with Crippen molar-refractivity contribution in [3.05, 3.63) is 29.8 Å². The lowest BCUT2D eigenvalue weighted by Crippen LogP contribution is -2.46. The smallest absolute Gasteiger partial charge is 0.259 e. The lowest BCUT2D eigenvalue weighted by Gasteiger charge is -2.21. The van der Waals surface area contributed by atoms with Gasteiger partial charge >= 0.3 is 0 Å². The molecule has 1 aromatic rings. The molecule has 0 aliphatic heterocycles. The van der Waals surface area contributed by atoms with Crippen LogP contribution in [0.15, 0.2) is 24.3 Å². The number of hydrogen-bond donors (Lipinski definition) is 1. The van der Waals surface area contributed by atoms with Crippen LogP contribution >= 0.6 is 0 Å². The van der Waals surface area contributed by atoms with Crippen molar-refractivity contribution in [3.63, 3.8) is 0 Å². The molecule has 0 saturated heterocycles. The highest BCUT2D eigenvalue weighted by Crippen LogP contribution is 2.12. The van der Waals surface area contributed by atoms with Gasteiger partial charge in [-0.2, -0.15) is 10.5 Å². The van der Waals surface area contributed by atoms with Gasteiger partial charge < -0.3 is 10.1 Å². The lowest BCUT2D eigenvalue weighted by molar-refractivity contribution is -0.124. The number of carbonyl (C=O) groups excluding carboxylic acids is 1. The normalized spacial score (nSPS) is 12.6. The van der Waals surface area contributed by atoms with E-state index < -0.39 is 5.54 Å². The summed E-state index contributed by atoms with van der Waals surface area (Å²) in [5.41, 5.74) is -0.342. The second-order valence-corrected chi connectivity index (χ2v) is 4.27. The molecule has 0 unspecified atom stereocenters. The fourth-order valence-corrected chi connectivity index (χ4v) is 1.31. The Balaban J connectivity index is 2.51. The molecule has 98 valence electrons. The summed E-state index contributed by atoms with van der Waals surface area (Å²) >= 11 is 0. The van der Waals surface area contributed by atoms with Crippen LogP contribution < -0.4 is 10.1 Å². The van der Waals surface area contributed by atoms with Gasteiger partial charge in [-0.1, -0.05) is 6.92 Å². The van der Waals surface area contributed by atoms with Gasteiger partial charge in [-0.15, -0.1) is 0 Å². The Hall–Kier alpha value is -2.53. The standard InChI is InChI=1S/C14H15N3O2/c1-3-14(2,10-16)17-13(18)9-19-12-6-4-11(8-15)5-7-12/h4-7H,3,9H2,1-2H3,(H,17,18)/t14-/m0/s1. The number of benzene rings is 1. The summed E-state index contributed by atoms with van der Waals surface area (Å²) in [6.07, 6.45) is 0.520. The summed E-state index contributed by atoms with van der Waals surface area (Å²) in [5, 5.41) is 20.2. The van der Waals surface area contributed by atoms with E-state index >= 15 is 0 Å². The van der Waals surface area contributed by atoms with E-state index in [1.54, 1.807) is 31.2 Å². The first-order valence-electron chi connectivity index (χ1n) is 5.88. The average molecular weight is 257 g/mol. The number of ether oxygens (including phenoxy) is 1. The van der Waals surface area contributed by atoms with Gasteiger partial charge in [-0.25, -0.2) is 0 Å². The topological polar surface area (TPSA) is 85.9 Å². The van der Waals surface area contributed by atoms with Crippen molar-refractivity contribution < 1.29 is 9.53 Å². The van der Waals surface area contributed by atoms with Gasteiger partial charge in [-0.05, 0) is 37.6 Å². The lowest BCUT2D eigenvalue weighted by atomic mass is 10.0. The summed E-state index contributed by atoms with van der Waals surface area (Å²) in [6, 6.07) is 10.5. The summed E-state index contributed by atoms with van der Waals surface area (Å²) in [5.74, 6) is 0.152. The molecule has 0 aliphatic carbocycles. The Labute approximate surface area is 112 Å². The number of nitrogens with zero attached hydrogens (tertiary/aromatic N) is 2. The van der Waals surface area contributed by atoms with Crippen molar-refractivity contribution in [2.24, 2.45) is 0 Å². The molecule has 1 aromatic carbocycles. The van der Waals surface area contributed by atoms with E-state index in [1.807, 2.05) is 19.1 Å². The van der Waals surface area contributed by atoms with Crippen LogP contribution in [0.3, 0.4) is 0 Å². The summed E-state index contributed by atoms with van der Waals surface area (Å²) in [7, 11) is 0. The van der Waals surface area contributed by atoms with Gasteiger partial charge in [0.25, 0.3) is 5.91 Å². The van der Waals surface area contributed by atoms with Crippen LogP contribution in [0, 0.1) is 22.7 Å². The molecule has 0 radical (unpaired) electrons. The second-order valence-electron chi connectivity index (χ2n) is 4.27. The van der Waals surface area contributed by atoms with Crippen LogP contribution in [-0.2, 0) is 4.79 Å². The first-order valence-corrected chi connectivity index (χ1v) is 5.88. The van der Waals surface area contributed by atoms with Crippen molar-refractivity contribution in [1.82, 2.24) is 5.32 Å². The molecule has 1 N–H and O–H groups in total. The zero-order chi connectivity index (χ0) is 14.3. The van der Waals surface area contributed by atoms with Crippen LogP contribution in [0.25, 0.3) is 0 Å². The monoisotopic (exact) mass is 257 g/mol. The van der Waals surface area contributed by atoms with Gasteiger partial charge in [0.15, 0.2) is 6.61 Å². The quantitative estimate of drug-likeness (QED) is 0.870. The Bertz CT molecular complexity index is 525. The van der Waals surface area contributed by atoms with Crippen molar-refractivity contribution in [1.29, 1.82) is 10.5 Å². The summed E-state index contributed by atoms with van der Waals surface area (Å²) < 4.78 is 5.27. The van der Waals surface area contributed by atoms with Gasteiger partial charge in [0, 0.05) is 0 Å². The Morgan fingerprint density at radius 3 is 2.47 bits per heavy atom. The van der Waals surface area contributed by atoms with E-state index in [0.29, 0.717) is 17.7 Å². The minimum absolute atomic E-state index is 0.164. The Morgan fingerprint density at radius 2 is 2.00 bits per heavy atom. The van der Waals surface area contributed by atoms with Crippen LogP contribution in [0.1, 0.15) is 25.8 Å². The molecular formula is C14H15N3O2. The zero-order valence-electron chi connectivity index (χ0n) is 10.9. The van der Waals surface area contributed by atoms with Gasteiger partial charge in [-0.3, -0.25) is 4.79 Å². The highest BCUT2D eigenvalue weighted by molar-refractivity contribution is 5.78. The van der Waals surface area contributed by atoms with Crippen LogP contribution in [-0.4, -0.2) is 18.1 Å². The zero-order valence-corrected chi connectivity index (χ0v) is 10.9. The third kappa shape index (κ3) is 4.33. The van der Waals surface area contributed by atoms with Gasteiger partial charge in [0.1, 0.15) is 11.3 Å². The first-order chi connectivity index (χ1) is 9.03. The molecule has 0 heterocycles. The second kappa shape index (κ2) is 6.42. The van der Waals surface area contributed by atoms with Crippen LogP contribution in [0.4, 0.5) is 0 Å².